The molecular weight excluding hydrogens is 306 g/mol. The Morgan fingerprint density at radius 2 is 2.04 bits per heavy atom. The van der Waals surface area contributed by atoms with E-state index in [2.05, 4.69) is 15.0 Å². The Labute approximate surface area is 142 Å². The molecule has 0 aliphatic carbocycles. The number of piperidine rings is 1. The zero-order valence-electron chi connectivity index (χ0n) is 14.9. The van der Waals surface area contributed by atoms with Gasteiger partial charge in [0.1, 0.15) is 11.9 Å². The number of rotatable bonds is 5. The van der Waals surface area contributed by atoms with Gasteiger partial charge in [-0.3, -0.25) is 4.90 Å². The Morgan fingerprint density at radius 1 is 1.33 bits per heavy atom. The van der Waals surface area contributed by atoms with Gasteiger partial charge in [0.2, 0.25) is 5.88 Å². The summed E-state index contributed by atoms with van der Waals surface area (Å²) in [7, 11) is 5.53. The SMILES string of the molecule is COc1c(CN2CCC(C(O)c3nccn3C)CC2)c(C)nn1C. The Bertz CT molecular complexity index is 685. The number of aromatic nitrogens is 4. The highest BCUT2D eigenvalue weighted by atomic mass is 16.5. The number of methoxy groups -OCH3 is 1. The predicted octanol–water partition coefficient (Wildman–Crippen LogP) is 1.42. The molecule has 0 bridgehead atoms. The molecule has 3 rings (SSSR count). The normalized spacial score (nSPS) is 18.0. The molecule has 132 valence electrons. The standard InChI is InChI=1S/C17H27N5O2/c1-12-14(17(24-4)21(3)19-12)11-22-8-5-13(6-9-22)15(23)16-18-7-10-20(16)2/h7,10,13,15,23H,5-6,8-9,11H2,1-4H3. The first-order valence-electron chi connectivity index (χ1n) is 8.45. The molecule has 0 amide bonds. The Hall–Kier alpha value is -1.86. The van der Waals surface area contributed by atoms with Crippen LogP contribution in [0.1, 0.15) is 36.0 Å². The summed E-state index contributed by atoms with van der Waals surface area (Å²) in [5.74, 6) is 1.86. The monoisotopic (exact) mass is 333 g/mol. The van der Waals surface area contributed by atoms with Gasteiger partial charge in [0, 0.05) is 33.0 Å². The van der Waals surface area contributed by atoms with Crippen LogP contribution in [0, 0.1) is 12.8 Å². The molecule has 1 aliphatic rings. The molecule has 0 saturated carbocycles. The van der Waals surface area contributed by atoms with Gasteiger partial charge in [0.15, 0.2) is 0 Å². The summed E-state index contributed by atoms with van der Waals surface area (Å²) in [5, 5.41) is 15.0. The van der Waals surface area contributed by atoms with Gasteiger partial charge in [0.25, 0.3) is 0 Å². The highest BCUT2D eigenvalue weighted by Gasteiger charge is 2.29. The Balaban J connectivity index is 1.61. The van der Waals surface area contributed by atoms with Crippen LogP contribution in [0.5, 0.6) is 5.88 Å². The molecule has 1 N–H and O–H groups in total. The molecule has 24 heavy (non-hydrogen) atoms. The minimum Gasteiger partial charge on any atom is -0.481 e. The number of ether oxygens (including phenoxy) is 1. The lowest BCUT2D eigenvalue weighted by Gasteiger charge is -2.34. The third-order valence-corrected chi connectivity index (χ3v) is 5.07. The van der Waals surface area contributed by atoms with Crippen molar-refractivity contribution in [1.82, 2.24) is 24.2 Å². The molecule has 0 radical (unpaired) electrons. The maximum Gasteiger partial charge on any atom is 0.216 e. The van der Waals surface area contributed by atoms with Gasteiger partial charge < -0.3 is 14.4 Å². The van der Waals surface area contributed by atoms with Crippen LogP contribution in [0.4, 0.5) is 0 Å². The molecule has 1 aliphatic heterocycles. The fourth-order valence-corrected chi connectivity index (χ4v) is 3.64. The van der Waals surface area contributed by atoms with E-state index >= 15 is 0 Å². The number of aryl methyl sites for hydroxylation is 3. The van der Waals surface area contributed by atoms with E-state index in [1.54, 1.807) is 18.0 Å². The topological polar surface area (TPSA) is 68.3 Å². The number of hydrogen-bond donors (Lipinski definition) is 1. The maximum absolute atomic E-state index is 10.6. The lowest BCUT2D eigenvalue weighted by molar-refractivity contribution is 0.0489. The fraction of sp³-hybridized carbons (Fsp3) is 0.647. The minimum absolute atomic E-state index is 0.263. The average molecular weight is 333 g/mol. The fourth-order valence-electron chi connectivity index (χ4n) is 3.64. The van der Waals surface area contributed by atoms with Gasteiger partial charge in [0.05, 0.1) is 18.4 Å². The van der Waals surface area contributed by atoms with E-state index in [0.717, 1.165) is 55.4 Å². The molecule has 0 spiro atoms. The first-order valence-corrected chi connectivity index (χ1v) is 8.45. The quantitative estimate of drug-likeness (QED) is 0.896. The van der Waals surface area contributed by atoms with Gasteiger partial charge >= 0.3 is 0 Å². The minimum atomic E-state index is -0.484. The second-order valence-electron chi connectivity index (χ2n) is 6.65. The lowest BCUT2D eigenvalue weighted by Crippen LogP contribution is -2.35. The van der Waals surface area contributed by atoms with Crippen LogP contribution in [-0.4, -0.2) is 49.5 Å². The van der Waals surface area contributed by atoms with Crippen LogP contribution >= 0.6 is 0 Å². The molecule has 7 heteroatoms. The van der Waals surface area contributed by atoms with E-state index in [0.29, 0.717) is 0 Å². The van der Waals surface area contributed by atoms with Crippen molar-refractivity contribution in [2.75, 3.05) is 20.2 Å². The van der Waals surface area contributed by atoms with Crippen molar-refractivity contribution in [3.8, 4) is 5.88 Å². The van der Waals surface area contributed by atoms with E-state index in [1.165, 1.54) is 0 Å². The molecule has 7 nitrogen and oxygen atoms in total. The third-order valence-electron chi connectivity index (χ3n) is 5.07. The maximum atomic E-state index is 10.6. The molecule has 0 aromatic carbocycles. The summed E-state index contributed by atoms with van der Waals surface area (Å²) < 4.78 is 9.18. The molecule has 2 aromatic heterocycles. The van der Waals surface area contributed by atoms with Crippen LogP contribution in [0.3, 0.4) is 0 Å². The number of aliphatic hydroxyl groups excluding tert-OH is 1. The van der Waals surface area contributed by atoms with Crippen molar-refractivity contribution in [2.24, 2.45) is 20.0 Å². The van der Waals surface area contributed by atoms with Gasteiger partial charge in [-0.2, -0.15) is 5.10 Å². The third kappa shape index (κ3) is 3.18. The second-order valence-corrected chi connectivity index (χ2v) is 6.65. The number of aliphatic hydroxyl groups is 1. The van der Waals surface area contributed by atoms with Gasteiger partial charge in [-0.1, -0.05) is 0 Å². The van der Waals surface area contributed by atoms with Gasteiger partial charge in [-0.25, -0.2) is 9.67 Å². The van der Waals surface area contributed by atoms with Crippen LogP contribution in [0.15, 0.2) is 12.4 Å². The van der Waals surface area contributed by atoms with Crippen LogP contribution < -0.4 is 4.74 Å². The van der Waals surface area contributed by atoms with E-state index in [1.807, 2.05) is 31.8 Å². The molecule has 1 atom stereocenters. The number of likely N-dealkylation sites (tertiary alicyclic amines) is 1. The van der Waals surface area contributed by atoms with Crippen molar-refractivity contribution in [1.29, 1.82) is 0 Å². The molecule has 1 unspecified atom stereocenters. The molecule has 1 saturated heterocycles. The summed E-state index contributed by atoms with van der Waals surface area (Å²) in [6.45, 7) is 4.79. The highest BCUT2D eigenvalue weighted by Crippen LogP contribution is 2.31. The molecule has 2 aromatic rings. The van der Waals surface area contributed by atoms with E-state index in [-0.39, 0.29) is 5.92 Å². The zero-order valence-corrected chi connectivity index (χ0v) is 14.9. The molecule has 1 fully saturated rings. The molecule has 3 heterocycles. The Kier molecular flexibility index (Phi) is 4.91. The zero-order chi connectivity index (χ0) is 17.3. The van der Waals surface area contributed by atoms with Crippen molar-refractivity contribution < 1.29 is 9.84 Å². The van der Waals surface area contributed by atoms with Crippen LogP contribution in [0.2, 0.25) is 0 Å². The summed E-state index contributed by atoms with van der Waals surface area (Å²) in [4.78, 5) is 6.70. The summed E-state index contributed by atoms with van der Waals surface area (Å²) >= 11 is 0. The predicted molar refractivity (Wildman–Crippen MR) is 90.7 cm³/mol. The smallest absolute Gasteiger partial charge is 0.216 e. The van der Waals surface area contributed by atoms with Crippen molar-refractivity contribution >= 4 is 0 Å². The first kappa shape index (κ1) is 17.0. The second kappa shape index (κ2) is 6.94. The summed E-state index contributed by atoms with van der Waals surface area (Å²) in [6.07, 6.45) is 5.07. The number of hydrogen-bond acceptors (Lipinski definition) is 5. The lowest BCUT2D eigenvalue weighted by atomic mass is 9.90. The van der Waals surface area contributed by atoms with E-state index in [9.17, 15) is 5.11 Å². The van der Waals surface area contributed by atoms with Crippen LogP contribution in [-0.2, 0) is 20.6 Å². The highest BCUT2D eigenvalue weighted by molar-refractivity contribution is 5.30. The largest absolute Gasteiger partial charge is 0.481 e. The van der Waals surface area contributed by atoms with Gasteiger partial charge in [-0.05, 0) is 38.8 Å². The van der Waals surface area contributed by atoms with Crippen LogP contribution in [0.25, 0.3) is 0 Å². The van der Waals surface area contributed by atoms with E-state index in [4.69, 9.17) is 4.74 Å². The van der Waals surface area contributed by atoms with Crippen molar-refractivity contribution in [2.45, 2.75) is 32.4 Å². The molecular formula is C17H27N5O2. The summed E-state index contributed by atoms with van der Waals surface area (Å²) in [6, 6.07) is 0. The Morgan fingerprint density at radius 3 is 2.62 bits per heavy atom. The van der Waals surface area contributed by atoms with Crippen molar-refractivity contribution in [3.05, 3.63) is 29.5 Å². The summed E-state index contributed by atoms with van der Waals surface area (Å²) in [5.41, 5.74) is 2.17. The average Bonchev–Trinajstić information content (AvgIpc) is 3.11. The first-order chi connectivity index (χ1) is 11.5. The van der Waals surface area contributed by atoms with Crippen molar-refractivity contribution in [3.63, 3.8) is 0 Å². The number of nitrogens with zero attached hydrogens (tertiary/aromatic N) is 5. The van der Waals surface area contributed by atoms with E-state index < -0.39 is 6.10 Å². The number of imidazole rings is 1. The van der Waals surface area contributed by atoms with Gasteiger partial charge in [-0.15, -0.1) is 0 Å².